The predicted molar refractivity (Wildman–Crippen MR) is 77.1 cm³/mol. The maximum atomic E-state index is 10.4. The number of hydrogen-bond acceptors (Lipinski definition) is 2. The summed E-state index contributed by atoms with van der Waals surface area (Å²) >= 11 is 0. The molecular weight excluding hydrogens is 236 g/mol. The Hall–Kier alpha value is -1.61. The molecule has 0 aliphatic heterocycles. The van der Waals surface area contributed by atoms with Gasteiger partial charge in [0.2, 0.25) is 0 Å². The molecule has 3 nitrogen and oxygen atoms in total. The molecular formula is C16H22N2O. The van der Waals surface area contributed by atoms with Crippen LogP contribution in [0.2, 0.25) is 0 Å². The highest BCUT2D eigenvalue weighted by atomic mass is 16.3. The van der Waals surface area contributed by atoms with E-state index in [0.717, 1.165) is 12.8 Å². The molecule has 1 unspecified atom stereocenters. The first-order valence-electron chi connectivity index (χ1n) is 6.70. The predicted octanol–water partition coefficient (Wildman–Crippen LogP) is 2.88. The Kier molecular flexibility index (Phi) is 4.05. The van der Waals surface area contributed by atoms with Crippen molar-refractivity contribution in [2.45, 2.75) is 45.8 Å². The number of rotatable bonds is 5. The maximum Gasteiger partial charge on any atom is 0.0946 e. The van der Waals surface area contributed by atoms with E-state index in [0.29, 0.717) is 6.54 Å². The minimum Gasteiger partial charge on any atom is -0.388 e. The Labute approximate surface area is 114 Å². The number of hydrogen-bond donors (Lipinski definition) is 1. The molecule has 2 aromatic rings. The Morgan fingerprint density at radius 2 is 2.11 bits per heavy atom. The normalized spacial score (nSPS) is 14.3. The quantitative estimate of drug-likeness (QED) is 0.895. The van der Waals surface area contributed by atoms with Crippen LogP contribution in [0, 0.1) is 13.8 Å². The van der Waals surface area contributed by atoms with E-state index in [2.05, 4.69) is 37.0 Å². The summed E-state index contributed by atoms with van der Waals surface area (Å²) in [6.45, 7) is 6.70. The van der Waals surface area contributed by atoms with Gasteiger partial charge in [0.25, 0.3) is 0 Å². The van der Waals surface area contributed by atoms with Gasteiger partial charge in [0, 0.05) is 12.4 Å². The first-order valence-corrected chi connectivity index (χ1v) is 6.70. The average molecular weight is 258 g/mol. The van der Waals surface area contributed by atoms with Crippen LogP contribution in [0.25, 0.3) is 0 Å². The third-order valence-corrected chi connectivity index (χ3v) is 3.51. The first-order chi connectivity index (χ1) is 8.96. The lowest BCUT2D eigenvalue weighted by Crippen LogP contribution is -2.30. The lowest BCUT2D eigenvalue weighted by Gasteiger charge is -2.24. The second-order valence-electron chi connectivity index (χ2n) is 5.66. The van der Waals surface area contributed by atoms with Crippen molar-refractivity contribution in [3.63, 3.8) is 0 Å². The smallest absolute Gasteiger partial charge is 0.0946 e. The van der Waals surface area contributed by atoms with Gasteiger partial charge in [0.15, 0.2) is 0 Å². The van der Waals surface area contributed by atoms with Crippen LogP contribution in [0.4, 0.5) is 0 Å². The second-order valence-corrected chi connectivity index (χ2v) is 5.66. The van der Waals surface area contributed by atoms with E-state index >= 15 is 0 Å². The molecule has 1 atom stereocenters. The fraction of sp³-hybridized carbons (Fsp3) is 0.438. The Bertz CT molecular complexity index is 530. The monoisotopic (exact) mass is 258 g/mol. The molecule has 0 bridgehead atoms. The number of aryl methyl sites for hydroxylation is 3. The SMILES string of the molecule is Cc1ccc(CCC(C)(O)Cn2ccnc2)c(C)c1. The van der Waals surface area contributed by atoms with Crippen molar-refractivity contribution >= 4 is 0 Å². The molecule has 3 heteroatoms. The largest absolute Gasteiger partial charge is 0.388 e. The summed E-state index contributed by atoms with van der Waals surface area (Å²) in [4.78, 5) is 4.00. The standard InChI is InChI=1S/C16H22N2O/c1-13-4-5-15(14(2)10-13)6-7-16(3,19)11-18-9-8-17-12-18/h4-5,8-10,12,19H,6-7,11H2,1-3H3. The number of nitrogens with zero attached hydrogens (tertiary/aromatic N) is 2. The van der Waals surface area contributed by atoms with E-state index in [1.807, 2.05) is 17.7 Å². The topological polar surface area (TPSA) is 38.0 Å². The van der Waals surface area contributed by atoms with Crippen LogP contribution in [0.1, 0.15) is 30.0 Å². The van der Waals surface area contributed by atoms with Crippen LogP contribution in [-0.2, 0) is 13.0 Å². The summed E-state index contributed by atoms with van der Waals surface area (Å²) in [6, 6.07) is 6.49. The Morgan fingerprint density at radius 3 is 2.74 bits per heavy atom. The molecule has 1 heterocycles. The molecule has 0 radical (unpaired) electrons. The van der Waals surface area contributed by atoms with Gasteiger partial charge in [-0.3, -0.25) is 0 Å². The molecule has 0 amide bonds. The van der Waals surface area contributed by atoms with E-state index in [1.54, 1.807) is 12.5 Å². The van der Waals surface area contributed by atoms with Crippen molar-refractivity contribution in [3.05, 3.63) is 53.6 Å². The van der Waals surface area contributed by atoms with Gasteiger partial charge in [-0.15, -0.1) is 0 Å². The molecule has 0 aliphatic rings. The van der Waals surface area contributed by atoms with Crippen molar-refractivity contribution in [1.29, 1.82) is 0 Å². The fourth-order valence-electron chi connectivity index (χ4n) is 2.38. The minimum absolute atomic E-state index is 0.581. The van der Waals surface area contributed by atoms with Gasteiger partial charge in [0.1, 0.15) is 0 Å². The molecule has 2 rings (SSSR count). The van der Waals surface area contributed by atoms with Crippen LogP contribution >= 0.6 is 0 Å². The van der Waals surface area contributed by atoms with Crippen molar-refractivity contribution in [2.75, 3.05) is 0 Å². The van der Waals surface area contributed by atoms with Crippen LogP contribution < -0.4 is 0 Å². The first kappa shape index (κ1) is 13.8. The highest BCUT2D eigenvalue weighted by molar-refractivity contribution is 5.30. The fourth-order valence-corrected chi connectivity index (χ4v) is 2.38. The third kappa shape index (κ3) is 3.93. The van der Waals surface area contributed by atoms with Crippen LogP contribution in [0.3, 0.4) is 0 Å². The molecule has 1 aromatic heterocycles. The Morgan fingerprint density at radius 1 is 1.32 bits per heavy atom. The molecule has 102 valence electrons. The van der Waals surface area contributed by atoms with Crippen molar-refractivity contribution < 1.29 is 5.11 Å². The summed E-state index contributed by atoms with van der Waals surface area (Å²) in [7, 11) is 0. The van der Waals surface area contributed by atoms with E-state index in [1.165, 1.54) is 16.7 Å². The summed E-state index contributed by atoms with van der Waals surface area (Å²) in [5.41, 5.74) is 3.19. The zero-order valence-electron chi connectivity index (χ0n) is 11.9. The summed E-state index contributed by atoms with van der Waals surface area (Å²) in [5.74, 6) is 0. The van der Waals surface area contributed by atoms with Crippen LogP contribution in [-0.4, -0.2) is 20.3 Å². The molecule has 0 spiro atoms. The van der Waals surface area contributed by atoms with Crippen molar-refractivity contribution in [1.82, 2.24) is 9.55 Å². The number of aliphatic hydroxyl groups is 1. The van der Waals surface area contributed by atoms with Gasteiger partial charge in [-0.2, -0.15) is 0 Å². The number of benzene rings is 1. The van der Waals surface area contributed by atoms with E-state index in [-0.39, 0.29) is 0 Å². The lowest BCUT2D eigenvalue weighted by molar-refractivity contribution is 0.0333. The summed E-state index contributed by atoms with van der Waals surface area (Å²) in [6.07, 6.45) is 7.00. The van der Waals surface area contributed by atoms with Gasteiger partial charge < -0.3 is 9.67 Å². The second kappa shape index (κ2) is 5.57. The van der Waals surface area contributed by atoms with E-state index in [9.17, 15) is 5.11 Å². The summed E-state index contributed by atoms with van der Waals surface area (Å²) in [5, 5.41) is 10.4. The molecule has 0 fully saturated rings. The molecule has 0 saturated carbocycles. The van der Waals surface area contributed by atoms with Gasteiger partial charge in [-0.05, 0) is 44.7 Å². The molecule has 1 aromatic carbocycles. The van der Waals surface area contributed by atoms with Crippen molar-refractivity contribution in [3.8, 4) is 0 Å². The molecule has 0 saturated heterocycles. The number of imidazole rings is 1. The zero-order valence-corrected chi connectivity index (χ0v) is 11.9. The highest BCUT2D eigenvalue weighted by Crippen LogP contribution is 2.19. The molecule has 19 heavy (non-hydrogen) atoms. The van der Waals surface area contributed by atoms with E-state index < -0.39 is 5.60 Å². The Balaban J connectivity index is 1.97. The highest BCUT2D eigenvalue weighted by Gasteiger charge is 2.20. The van der Waals surface area contributed by atoms with Gasteiger partial charge >= 0.3 is 0 Å². The third-order valence-electron chi connectivity index (χ3n) is 3.51. The maximum absolute atomic E-state index is 10.4. The van der Waals surface area contributed by atoms with Gasteiger partial charge in [0.05, 0.1) is 18.5 Å². The lowest BCUT2D eigenvalue weighted by atomic mass is 9.94. The summed E-state index contributed by atoms with van der Waals surface area (Å²) < 4.78 is 1.92. The average Bonchev–Trinajstić information content (AvgIpc) is 2.80. The van der Waals surface area contributed by atoms with Gasteiger partial charge in [-0.25, -0.2) is 4.98 Å². The van der Waals surface area contributed by atoms with E-state index in [4.69, 9.17) is 0 Å². The van der Waals surface area contributed by atoms with Crippen molar-refractivity contribution in [2.24, 2.45) is 0 Å². The molecule has 0 aliphatic carbocycles. The van der Waals surface area contributed by atoms with Crippen LogP contribution in [0.5, 0.6) is 0 Å². The minimum atomic E-state index is -0.710. The number of aromatic nitrogens is 2. The van der Waals surface area contributed by atoms with Crippen LogP contribution in [0.15, 0.2) is 36.9 Å². The zero-order chi connectivity index (χ0) is 13.9. The molecule has 1 N–H and O–H groups in total. The van der Waals surface area contributed by atoms with Gasteiger partial charge in [-0.1, -0.05) is 23.8 Å².